The summed E-state index contributed by atoms with van der Waals surface area (Å²) in [5, 5.41) is 6.04. The Morgan fingerprint density at radius 1 is 0.861 bits per heavy atom. The second kappa shape index (κ2) is 9.30. The standard InChI is InChI=1S/C24H13ClF7N3O/c25-17-3-1-2-4-19(17)35-20(12-21(34-35)24(30,31)32)13-5-7-14(8-6-13)22(36)33-15-9-10-18(26)16(11-15)23(27,28)29/h1-12H,(H,33,36). The third-order valence-electron chi connectivity index (χ3n) is 5.05. The molecule has 0 bridgehead atoms. The van der Waals surface area contributed by atoms with E-state index in [0.29, 0.717) is 12.1 Å². The summed E-state index contributed by atoms with van der Waals surface area (Å²) in [5.74, 6) is -2.30. The van der Waals surface area contributed by atoms with Gasteiger partial charge in [0.15, 0.2) is 5.69 Å². The molecule has 0 aliphatic rings. The van der Waals surface area contributed by atoms with Crippen molar-refractivity contribution in [2.24, 2.45) is 0 Å². The summed E-state index contributed by atoms with van der Waals surface area (Å²) in [7, 11) is 0. The van der Waals surface area contributed by atoms with E-state index in [9.17, 15) is 35.5 Å². The van der Waals surface area contributed by atoms with E-state index in [-0.39, 0.29) is 33.2 Å². The van der Waals surface area contributed by atoms with Gasteiger partial charge in [-0.1, -0.05) is 35.9 Å². The fraction of sp³-hybridized carbons (Fsp3) is 0.0833. The van der Waals surface area contributed by atoms with E-state index in [2.05, 4.69) is 10.4 Å². The lowest BCUT2D eigenvalue weighted by Crippen LogP contribution is -2.14. The number of hydrogen-bond donors (Lipinski definition) is 1. The minimum absolute atomic E-state index is 0.00325. The van der Waals surface area contributed by atoms with Crippen LogP contribution in [0, 0.1) is 5.82 Å². The summed E-state index contributed by atoms with van der Waals surface area (Å²) in [6, 6.07) is 14.2. The Balaban J connectivity index is 1.65. The van der Waals surface area contributed by atoms with Gasteiger partial charge in [0.25, 0.3) is 5.91 Å². The lowest BCUT2D eigenvalue weighted by molar-refractivity contribution is -0.141. The predicted molar refractivity (Wildman–Crippen MR) is 118 cm³/mol. The lowest BCUT2D eigenvalue weighted by Gasteiger charge is -2.12. The summed E-state index contributed by atoms with van der Waals surface area (Å²) < 4.78 is 93.3. The van der Waals surface area contributed by atoms with Gasteiger partial charge in [-0.25, -0.2) is 9.07 Å². The Kier molecular flexibility index (Phi) is 6.52. The number of nitrogens with zero attached hydrogens (tertiary/aromatic N) is 2. The molecular weight excluding hydrogens is 515 g/mol. The van der Waals surface area contributed by atoms with Gasteiger partial charge in [0.2, 0.25) is 0 Å². The zero-order chi connectivity index (χ0) is 26.3. The molecule has 3 aromatic carbocycles. The number of para-hydroxylation sites is 1. The third kappa shape index (κ3) is 5.20. The predicted octanol–water partition coefficient (Wildman–Crippen LogP) is 7.62. The largest absolute Gasteiger partial charge is 0.435 e. The quantitative estimate of drug-likeness (QED) is 0.277. The minimum Gasteiger partial charge on any atom is -0.322 e. The van der Waals surface area contributed by atoms with Crippen LogP contribution in [-0.2, 0) is 12.4 Å². The molecule has 36 heavy (non-hydrogen) atoms. The van der Waals surface area contributed by atoms with E-state index < -0.39 is 35.3 Å². The zero-order valence-corrected chi connectivity index (χ0v) is 18.5. The summed E-state index contributed by atoms with van der Waals surface area (Å²) >= 11 is 6.15. The molecule has 4 aromatic rings. The first-order valence-electron chi connectivity index (χ1n) is 10.1. The van der Waals surface area contributed by atoms with Crippen molar-refractivity contribution >= 4 is 23.2 Å². The van der Waals surface area contributed by atoms with Crippen LogP contribution in [0.25, 0.3) is 16.9 Å². The molecule has 0 saturated carbocycles. The highest BCUT2D eigenvalue weighted by molar-refractivity contribution is 6.32. The zero-order valence-electron chi connectivity index (χ0n) is 17.8. The van der Waals surface area contributed by atoms with Crippen LogP contribution >= 0.6 is 11.6 Å². The molecule has 12 heteroatoms. The van der Waals surface area contributed by atoms with E-state index >= 15 is 0 Å². The van der Waals surface area contributed by atoms with Crippen LogP contribution in [0.4, 0.5) is 36.4 Å². The molecule has 1 heterocycles. The van der Waals surface area contributed by atoms with E-state index in [0.717, 1.165) is 16.8 Å². The molecule has 0 saturated heterocycles. The van der Waals surface area contributed by atoms with Gasteiger partial charge in [-0.05, 0) is 48.5 Å². The van der Waals surface area contributed by atoms with E-state index in [1.165, 1.54) is 36.4 Å². The molecule has 1 N–H and O–H groups in total. The number of rotatable bonds is 4. The Labute approximate surface area is 203 Å². The molecule has 0 aliphatic heterocycles. The van der Waals surface area contributed by atoms with Crippen LogP contribution in [0.5, 0.6) is 0 Å². The number of carbonyl (C=O) groups is 1. The minimum atomic E-state index is -4.95. The maximum atomic E-state index is 13.5. The van der Waals surface area contributed by atoms with Gasteiger partial charge >= 0.3 is 12.4 Å². The number of aromatic nitrogens is 2. The monoisotopic (exact) mass is 527 g/mol. The Bertz CT molecular complexity index is 1430. The number of carbonyl (C=O) groups excluding carboxylic acids is 1. The highest BCUT2D eigenvalue weighted by Crippen LogP contribution is 2.35. The highest BCUT2D eigenvalue weighted by Gasteiger charge is 2.36. The summed E-state index contributed by atoms with van der Waals surface area (Å²) in [6.07, 6.45) is -9.68. The van der Waals surface area contributed by atoms with Gasteiger partial charge in [0, 0.05) is 16.8 Å². The SMILES string of the molecule is O=C(Nc1ccc(F)c(C(F)(F)F)c1)c1ccc(-c2cc(C(F)(F)F)nn2-c2ccccc2Cl)cc1. The van der Waals surface area contributed by atoms with Crippen LogP contribution in [-0.4, -0.2) is 15.7 Å². The van der Waals surface area contributed by atoms with E-state index in [1.807, 2.05) is 0 Å². The average Bonchev–Trinajstić information content (AvgIpc) is 3.26. The van der Waals surface area contributed by atoms with Crippen molar-refractivity contribution in [3.63, 3.8) is 0 Å². The fourth-order valence-electron chi connectivity index (χ4n) is 3.35. The van der Waals surface area contributed by atoms with Crippen LogP contribution in [0.1, 0.15) is 21.6 Å². The number of amides is 1. The highest BCUT2D eigenvalue weighted by atomic mass is 35.5. The van der Waals surface area contributed by atoms with Crippen molar-refractivity contribution in [2.75, 3.05) is 5.32 Å². The van der Waals surface area contributed by atoms with Crippen LogP contribution in [0.15, 0.2) is 72.8 Å². The molecule has 0 unspecified atom stereocenters. The smallest absolute Gasteiger partial charge is 0.322 e. The van der Waals surface area contributed by atoms with Crippen molar-refractivity contribution < 1.29 is 35.5 Å². The normalized spacial score (nSPS) is 12.0. The molecule has 0 fully saturated rings. The van der Waals surface area contributed by atoms with Crippen molar-refractivity contribution in [3.8, 4) is 16.9 Å². The first kappa shape index (κ1) is 25.2. The molecule has 0 spiro atoms. The number of nitrogens with one attached hydrogen (secondary N) is 1. The number of benzene rings is 3. The number of halogens is 8. The van der Waals surface area contributed by atoms with Gasteiger partial charge in [-0.2, -0.15) is 31.4 Å². The Morgan fingerprint density at radius 3 is 2.14 bits per heavy atom. The second-order valence-corrected chi connectivity index (χ2v) is 7.91. The Hall–Kier alpha value is -3.86. The molecule has 4 nitrogen and oxygen atoms in total. The van der Waals surface area contributed by atoms with Crippen LogP contribution in [0.2, 0.25) is 5.02 Å². The third-order valence-corrected chi connectivity index (χ3v) is 5.37. The van der Waals surface area contributed by atoms with Crippen LogP contribution < -0.4 is 5.32 Å². The van der Waals surface area contributed by atoms with Gasteiger partial charge in [-0.3, -0.25) is 4.79 Å². The summed E-state index contributed by atoms with van der Waals surface area (Å²) in [6.45, 7) is 0. The van der Waals surface area contributed by atoms with Crippen molar-refractivity contribution in [3.05, 3.63) is 100 Å². The second-order valence-electron chi connectivity index (χ2n) is 7.50. The van der Waals surface area contributed by atoms with Crippen molar-refractivity contribution in [1.82, 2.24) is 9.78 Å². The topological polar surface area (TPSA) is 46.9 Å². The maximum Gasteiger partial charge on any atom is 0.435 e. The average molecular weight is 528 g/mol. The molecule has 0 atom stereocenters. The van der Waals surface area contributed by atoms with E-state index in [1.54, 1.807) is 12.1 Å². The first-order chi connectivity index (χ1) is 16.8. The molecule has 0 radical (unpaired) electrons. The molecule has 4 rings (SSSR count). The molecular formula is C24H13ClF7N3O. The molecule has 186 valence electrons. The van der Waals surface area contributed by atoms with Gasteiger partial charge in [0.1, 0.15) is 5.82 Å². The fourth-order valence-corrected chi connectivity index (χ4v) is 3.56. The van der Waals surface area contributed by atoms with Gasteiger partial charge in [-0.15, -0.1) is 0 Å². The van der Waals surface area contributed by atoms with Crippen molar-refractivity contribution in [2.45, 2.75) is 12.4 Å². The first-order valence-corrected chi connectivity index (χ1v) is 10.4. The Morgan fingerprint density at radius 2 is 1.53 bits per heavy atom. The summed E-state index contributed by atoms with van der Waals surface area (Å²) in [5.41, 5.74) is -2.49. The summed E-state index contributed by atoms with van der Waals surface area (Å²) in [4.78, 5) is 12.5. The maximum absolute atomic E-state index is 13.5. The van der Waals surface area contributed by atoms with E-state index in [4.69, 9.17) is 11.6 Å². The van der Waals surface area contributed by atoms with Gasteiger partial charge in [0.05, 0.1) is 22.0 Å². The van der Waals surface area contributed by atoms with Gasteiger partial charge < -0.3 is 5.32 Å². The number of alkyl halides is 6. The molecule has 1 aromatic heterocycles. The number of hydrogen-bond acceptors (Lipinski definition) is 2. The van der Waals surface area contributed by atoms with Crippen molar-refractivity contribution in [1.29, 1.82) is 0 Å². The van der Waals surface area contributed by atoms with Crippen LogP contribution in [0.3, 0.4) is 0 Å². The molecule has 0 aliphatic carbocycles. The number of anilines is 1. The lowest BCUT2D eigenvalue weighted by atomic mass is 10.1. The molecule has 1 amide bonds.